The van der Waals surface area contributed by atoms with Crippen molar-refractivity contribution in [3.63, 3.8) is 0 Å². The predicted molar refractivity (Wildman–Crippen MR) is 330 cm³/mol. The Hall–Kier alpha value is -11.6. The van der Waals surface area contributed by atoms with Crippen LogP contribution in [0, 0.1) is 22.7 Å². The molecular weight excluding hydrogens is 1010 g/mol. The summed E-state index contributed by atoms with van der Waals surface area (Å²) >= 11 is 0. The Kier molecular flexibility index (Phi) is 8.93. The molecule has 0 radical (unpaired) electrons. The quantitative estimate of drug-likeness (QED) is 0.170. The highest BCUT2D eigenvalue weighted by atomic mass is 16.3. The first-order valence-corrected chi connectivity index (χ1v) is 27.2. The van der Waals surface area contributed by atoms with Gasteiger partial charge in [-0.3, -0.25) is 0 Å². The third kappa shape index (κ3) is 6.18. The van der Waals surface area contributed by atoms with E-state index in [0.717, 1.165) is 176 Å². The first kappa shape index (κ1) is 44.4. The summed E-state index contributed by atoms with van der Waals surface area (Å²) in [7, 11) is 0. The molecule has 0 unspecified atom stereocenters. The SMILES string of the molecule is N#Cc1ccc2c(c1)c1ccccc1n2-c1cccc2c1oc1cccc(-c3ccc4c(c3)oc3ccc(-c5ccc6c(c5)c5cc(C#N)ccc5n6-c5cccc6c5oc5cccc(-c7ccc8oc9ccccc9c8c7)c56)cc34)c12. The highest BCUT2D eigenvalue weighted by Gasteiger charge is 2.24. The molecule has 0 spiro atoms. The molecule has 6 heterocycles. The average Bonchev–Trinajstić information content (AvgIpc) is 2.92. The van der Waals surface area contributed by atoms with Gasteiger partial charge >= 0.3 is 0 Å². The number of para-hydroxylation sites is 4. The average molecular weight is 1050 g/mol. The maximum atomic E-state index is 10.2. The smallest absolute Gasteiger partial charge is 0.159 e. The summed E-state index contributed by atoms with van der Waals surface area (Å²) in [6.07, 6.45) is 0. The van der Waals surface area contributed by atoms with Gasteiger partial charge in [-0.15, -0.1) is 0 Å². The third-order valence-corrected chi connectivity index (χ3v) is 17.0. The van der Waals surface area contributed by atoms with Crippen LogP contribution in [0.4, 0.5) is 0 Å². The van der Waals surface area contributed by atoms with Crippen molar-refractivity contribution in [2.24, 2.45) is 0 Å². The van der Waals surface area contributed by atoms with Crippen molar-refractivity contribution in [1.82, 2.24) is 9.13 Å². The molecule has 0 aliphatic rings. The lowest BCUT2D eigenvalue weighted by molar-refractivity contribution is 0.666. The zero-order valence-electron chi connectivity index (χ0n) is 43.4. The lowest BCUT2D eigenvalue weighted by Crippen LogP contribution is -1.94. The van der Waals surface area contributed by atoms with Gasteiger partial charge in [-0.2, -0.15) is 10.5 Å². The van der Waals surface area contributed by atoms with Gasteiger partial charge in [0, 0.05) is 64.6 Å². The van der Waals surface area contributed by atoms with Crippen molar-refractivity contribution in [3.05, 3.63) is 242 Å². The van der Waals surface area contributed by atoms with Crippen LogP contribution in [0.3, 0.4) is 0 Å². The first-order valence-electron chi connectivity index (χ1n) is 27.2. The minimum atomic E-state index is 0.592. The molecule has 8 heteroatoms. The molecule has 0 saturated carbocycles. The lowest BCUT2D eigenvalue weighted by Gasteiger charge is -2.09. The van der Waals surface area contributed by atoms with Crippen molar-refractivity contribution in [1.29, 1.82) is 10.5 Å². The molecular formula is C74H38N4O4. The number of nitriles is 2. The van der Waals surface area contributed by atoms with Gasteiger partial charge in [-0.25, -0.2) is 0 Å². The molecule has 0 aliphatic heterocycles. The second kappa shape index (κ2) is 16.5. The number of hydrogen-bond acceptors (Lipinski definition) is 6. The number of hydrogen-bond donors (Lipinski definition) is 0. The first-order chi connectivity index (χ1) is 40.5. The van der Waals surface area contributed by atoms with Gasteiger partial charge in [0.1, 0.15) is 33.5 Å². The summed E-state index contributed by atoms with van der Waals surface area (Å²) in [5.41, 5.74) is 19.9. The predicted octanol–water partition coefficient (Wildman–Crippen LogP) is 20.2. The van der Waals surface area contributed by atoms with Gasteiger partial charge in [0.05, 0.1) is 56.7 Å². The number of nitrogens with zero attached hydrogens (tertiary/aromatic N) is 4. The van der Waals surface area contributed by atoms with Gasteiger partial charge in [0.25, 0.3) is 0 Å². The monoisotopic (exact) mass is 1050 g/mol. The largest absolute Gasteiger partial charge is 0.456 e. The van der Waals surface area contributed by atoms with E-state index in [1.54, 1.807) is 0 Å². The van der Waals surface area contributed by atoms with Gasteiger partial charge in [0.2, 0.25) is 0 Å². The Balaban J connectivity index is 0.740. The summed E-state index contributed by atoms with van der Waals surface area (Å²) in [5.74, 6) is 0. The van der Waals surface area contributed by atoms with E-state index in [9.17, 15) is 10.5 Å². The molecule has 0 aliphatic carbocycles. The van der Waals surface area contributed by atoms with Crippen LogP contribution in [-0.2, 0) is 0 Å². The summed E-state index contributed by atoms with van der Waals surface area (Å²) < 4.78 is 31.2. The molecule has 12 aromatic carbocycles. The maximum Gasteiger partial charge on any atom is 0.159 e. The van der Waals surface area contributed by atoms with Crippen molar-refractivity contribution >= 4 is 131 Å². The topological polar surface area (TPSA) is 110 Å². The number of fused-ring (bicyclic) bond motifs is 18. The fraction of sp³-hybridized carbons (Fsp3) is 0. The zero-order chi connectivity index (χ0) is 53.9. The molecule has 0 atom stereocenters. The molecule has 378 valence electrons. The Labute approximate surface area is 464 Å². The van der Waals surface area contributed by atoms with E-state index in [1.807, 2.05) is 72.8 Å². The normalized spacial score (nSPS) is 12.1. The van der Waals surface area contributed by atoms with Crippen molar-refractivity contribution in [2.75, 3.05) is 0 Å². The lowest BCUT2D eigenvalue weighted by atomic mass is 9.97. The minimum Gasteiger partial charge on any atom is -0.456 e. The van der Waals surface area contributed by atoms with E-state index in [2.05, 4.69) is 179 Å². The molecule has 82 heavy (non-hydrogen) atoms. The van der Waals surface area contributed by atoms with Crippen LogP contribution in [0.5, 0.6) is 0 Å². The highest BCUT2D eigenvalue weighted by molar-refractivity contribution is 6.20. The standard InChI is InChI=1S/C74H38N4O4/c75-39-41-21-28-60-54(33-41)49-9-1-3-15-59(49)77(60)63-16-5-14-53-72-48(12-8-20-69(72)82-73(53)63)46-23-27-51-57-36-44(25-31-67(57)80-70(51)38-46)43-24-30-62-56(35-43)55-34-42(40-76)22-29-61(55)78(62)64-17-6-13-52-71-47(11-7-19-68(71)81-74(52)64)45-26-32-66-58(37-45)50-10-2-4-18-65(50)79-66/h1-38H. The van der Waals surface area contributed by atoms with Crippen molar-refractivity contribution in [2.45, 2.75) is 0 Å². The van der Waals surface area contributed by atoms with E-state index in [1.165, 1.54) is 0 Å². The van der Waals surface area contributed by atoms with Crippen molar-refractivity contribution < 1.29 is 17.7 Å². The van der Waals surface area contributed by atoms with Gasteiger partial charge in [-0.05, 0) is 155 Å². The highest BCUT2D eigenvalue weighted by Crippen LogP contribution is 2.46. The number of rotatable bonds is 5. The van der Waals surface area contributed by atoms with E-state index < -0.39 is 0 Å². The summed E-state index contributed by atoms with van der Waals surface area (Å²) in [5, 5.41) is 32.4. The summed E-state index contributed by atoms with van der Waals surface area (Å²) in [6, 6.07) is 84.2. The van der Waals surface area contributed by atoms with Crippen LogP contribution in [0.1, 0.15) is 11.1 Å². The molecule has 6 aromatic heterocycles. The van der Waals surface area contributed by atoms with Crippen LogP contribution >= 0.6 is 0 Å². The van der Waals surface area contributed by atoms with Crippen LogP contribution in [0.25, 0.3) is 176 Å². The van der Waals surface area contributed by atoms with Gasteiger partial charge in [0.15, 0.2) is 11.2 Å². The molecule has 0 fully saturated rings. The fourth-order valence-electron chi connectivity index (χ4n) is 13.4. The number of aromatic nitrogens is 2. The van der Waals surface area contributed by atoms with E-state index in [0.29, 0.717) is 11.1 Å². The van der Waals surface area contributed by atoms with Crippen LogP contribution in [0.15, 0.2) is 248 Å². The van der Waals surface area contributed by atoms with E-state index in [-0.39, 0.29) is 0 Å². The third-order valence-electron chi connectivity index (χ3n) is 17.0. The molecule has 0 N–H and O–H groups in total. The molecule has 0 bridgehead atoms. The second-order valence-electron chi connectivity index (χ2n) is 21.3. The number of benzene rings is 12. The zero-order valence-corrected chi connectivity index (χ0v) is 43.4. The van der Waals surface area contributed by atoms with Crippen LogP contribution in [0.2, 0.25) is 0 Å². The minimum absolute atomic E-state index is 0.592. The van der Waals surface area contributed by atoms with E-state index >= 15 is 0 Å². The second-order valence-corrected chi connectivity index (χ2v) is 21.3. The Bertz CT molecular complexity index is 5940. The summed E-state index contributed by atoms with van der Waals surface area (Å²) in [6.45, 7) is 0. The Morgan fingerprint density at radius 3 is 1.34 bits per heavy atom. The van der Waals surface area contributed by atoms with Crippen LogP contribution < -0.4 is 0 Å². The van der Waals surface area contributed by atoms with Gasteiger partial charge in [-0.1, -0.05) is 109 Å². The Morgan fingerprint density at radius 1 is 0.268 bits per heavy atom. The molecule has 18 rings (SSSR count). The molecule has 8 nitrogen and oxygen atoms in total. The van der Waals surface area contributed by atoms with E-state index in [4.69, 9.17) is 17.7 Å². The Morgan fingerprint density at radius 2 is 0.695 bits per heavy atom. The van der Waals surface area contributed by atoms with Gasteiger partial charge < -0.3 is 26.8 Å². The molecule has 0 saturated heterocycles. The molecule has 18 aromatic rings. The van der Waals surface area contributed by atoms with Crippen LogP contribution in [-0.4, -0.2) is 9.13 Å². The number of furan rings is 4. The summed E-state index contributed by atoms with van der Waals surface area (Å²) in [4.78, 5) is 0. The molecule has 0 amide bonds. The maximum absolute atomic E-state index is 10.2. The van der Waals surface area contributed by atoms with Crippen molar-refractivity contribution in [3.8, 4) is 56.9 Å². The fourth-order valence-corrected chi connectivity index (χ4v) is 13.4.